The lowest BCUT2D eigenvalue weighted by Gasteiger charge is -2.33. The van der Waals surface area contributed by atoms with Crippen LogP contribution in [0.4, 0.5) is 18.9 Å². The molecule has 0 saturated carbocycles. The molecule has 0 heterocycles. The third-order valence-corrected chi connectivity index (χ3v) is 8.08. The standard InChI is InChI=1S/C29H32F3N3O5S/c1-4-26(28(37)33-5-2)34(19-21-11-9-14-24(17-21)40-3)27(36)20-35(41(38,39)25-15-7-6-8-16-25)23-13-10-12-22(18-23)29(30,31)32/h6-18,26H,4-5,19-20H2,1-3H3,(H,33,37)/t26-/m0/s1. The Kier molecular flexibility index (Phi) is 10.4. The number of carbonyl (C=O) groups excluding carboxylic acids is 2. The highest BCUT2D eigenvalue weighted by Gasteiger charge is 2.35. The number of rotatable bonds is 12. The van der Waals surface area contributed by atoms with Gasteiger partial charge in [0, 0.05) is 13.1 Å². The zero-order valence-electron chi connectivity index (χ0n) is 22.9. The maximum absolute atomic E-state index is 13.9. The zero-order chi connectivity index (χ0) is 30.2. The van der Waals surface area contributed by atoms with Crippen molar-refractivity contribution in [2.75, 3.05) is 24.5 Å². The highest BCUT2D eigenvalue weighted by molar-refractivity contribution is 7.92. The molecule has 0 bridgehead atoms. The molecule has 0 aliphatic heterocycles. The summed E-state index contributed by atoms with van der Waals surface area (Å²) >= 11 is 0. The molecular weight excluding hydrogens is 559 g/mol. The molecule has 3 aromatic rings. The van der Waals surface area contributed by atoms with Crippen molar-refractivity contribution in [2.45, 2.75) is 43.9 Å². The van der Waals surface area contributed by atoms with E-state index >= 15 is 0 Å². The molecule has 3 aromatic carbocycles. The first kappa shape index (κ1) is 31.5. The van der Waals surface area contributed by atoms with E-state index in [1.54, 1.807) is 44.2 Å². The van der Waals surface area contributed by atoms with Crippen molar-refractivity contribution in [3.05, 3.63) is 90.0 Å². The number of alkyl halides is 3. The molecule has 8 nitrogen and oxygen atoms in total. The molecule has 0 aliphatic carbocycles. The number of halogens is 3. The third kappa shape index (κ3) is 7.78. The fraction of sp³-hybridized carbons (Fsp3) is 0.310. The van der Waals surface area contributed by atoms with Gasteiger partial charge in [-0.05, 0) is 61.4 Å². The van der Waals surface area contributed by atoms with Gasteiger partial charge in [-0.2, -0.15) is 13.2 Å². The van der Waals surface area contributed by atoms with Gasteiger partial charge < -0.3 is 15.0 Å². The maximum Gasteiger partial charge on any atom is 0.416 e. The SMILES string of the molecule is CCNC(=O)[C@H](CC)N(Cc1cccc(OC)c1)C(=O)CN(c1cccc(C(F)(F)F)c1)S(=O)(=O)c1ccccc1. The Morgan fingerprint density at radius 1 is 0.951 bits per heavy atom. The highest BCUT2D eigenvalue weighted by atomic mass is 32.2. The summed E-state index contributed by atoms with van der Waals surface area (Å²) in [6.07, 6.45) is -4.54. The van der Waals surface area contributed by atoms with Gasteiger partial charge in [0.25, 0.3) is 10.0 Å². The van der Waals surface area contributed by atoms with E-state index in [0.29, 0.717) is 28.2 Å². The van der Waals surface area contributed by atoms with Crippen molar-refractivity contribution in [2.24, 2.45) is 0 Å². The molecule has 1 N–H and O–H groups in total. The molecular formula is C29H32F3N3O5S. The number of hydrogen-bond donors (Lipinski definition) is 1. The number of nitrogens with one attached hydrogen (secondary N) is 1. The lowest BCUT2D eigenvalue weighted by atomic mass is 10.1. The van der Waals surface area contributed by atoms with Crippen molar-refractivity contribution in [3.63, 3.8) is 0 Å². The zero-order valence-corrected chi connectivity index (χ0v) is 23.7. The van der Waals surface area contributed by atoms with Gasteiger partial charge in [0.2, 0.25) is 11.8 Å². The second-order valence-electron chi connectivity index (χ2n) is 9.06. The van der Waals surface area contributed by atoms with Crippen LogP contribution in [-0.2, 0) is 32.3 Å². The first-order valence-electron chi connectivity index (χ1n) is 12.9. The largest absolute Gasteiger partial charge is 0.497 e. The predicted molar refractivity (Wildman–Crippen MR) is 149 cm³/mol. The fourth-order valence-electron chi connectivity index (χ4n) is 4.26. The Hall–Kier alpha value is -4.06. The summed E-state index contributed by atoms with van der Waals surface area (Å²) in [6, 6.07) is 16.7. The lowest BCUT2D eigenvalue weighted by molar-refractivity contribution is -0.140. The number of nitrogens with zero attached hydrogens (tertiary/aromatic N) is 2. The minimum atomic E-state index is -4.74. The molecule has 0 spiro atoms. The molecule has 220 valence electrons. The minimum absolute atomic E-state index is 0.0759. The molecule has 41 heavy (non-hydrogen) atoms. The van der Waals surface area contributed by atoms with Gasteiger partial charge in [-0.25, -0.2) is 8.42 Å². The molecule has 0 fully saturated rings. The van der Waals surface area contributed by atoms with E-state index in [2.05, 4.69) is 5.32 Å². The van der Waals surface area contributed by atoms with E-state index in [0.717, 1.165) is 12.1 Å². The lowest BCUT2D eigenvalue weighted by Crippen LogP contribution is -2.52. The van der Waals surface area contributed by atoms with Crippen LogP contribution in [0.1, 0.15) is 31.4 Å². The number of amides is 2. The summed E-state index contributed by atoms with van der Waals surface area (Å²) in [5, 5.41) is 2.69. The van der Waals surface area contributed by atoms with Crippen molar-refractivity contribution in [1.29, 1.82) is 0 Å². The summed E-state index contributed by atoms with van der Waals surface area (Å²) in [7, 11) is -3.01. The van der Waals surface area contributed by atoms with Crippen LogP contribution in [-0.4, -0.2) is 51.4 Å². The van der Waals surface area contributed by atoms with E-state index in [1.165, 1.54) is 42.3 Å². The molecule has 3 rings (SSSR count). The summed E-state index contributed by atoms with van der Waals surface area (Å²) in [5.41, 5.74) is -0.806. The Balaban J connectivity index is 2.11. The molecule has 0 unspecified atom stereocenters. The van der Waals surface area contributed by atoms with Crippen LogP contribution in [0.5, 0.6) is 5.75 Å². The van der Waals surface area contributed by atoms with Gasteiger partial charge in [0.1, 0.15) is 18.3 Å². The normalized spacial score (nSPS) is 12.3. The highest BCUT2D eigenvalue weighted by Crippen LogP contribution is 2.33. The third-order valence-electron chi connectivity index (χ3n) is 6.30. The van der Waals surface area contributed by atoms with Gasteiger partial charge in [0.05, 0.1) is 23.3 Å². The average molecular weight is 592 g/mol. The Morgan fingerprint density at radius 3 is 2.24 bits per heavy atom. The van der Waals surface area contributed by atoms with Crippen LogP contribution >= 0.6 is 0 Å². The number of carbonyl (C=O) groups is 2. The number of benzene rings is 3. The summed E-state index contributed by atoms with van der Waals surface area (Å²) < 4.78 is 74.1. The van der Waals surface area contributed by atoms with Crippen molar-refractivity contribution in [1.82, 2.24) is 10.2 Å². The molecule has 0 saturated heterocycles. The van der Waals surface area contributed by atoms with Crippen molar-refractivity contribution < 1.29 is 35.9 Å². The number of hydrogen-bond acceptors (Lipinski definition) is 5. The summed E-state index contributed by atoms with van der Waals surface area (Å²) in [4.78, 5) is 27.9. The van der Waals surface area contributed by atoms with Crippen molar-refractivity contribution in [3.8, 4) is 5.75 Å². The average Bonchev–Trinajstić information content (AvgIpc) is 2.96. The topological polar surface area (TPSA) is 96.0 Å². The van der Waals surface area contributed by atoms with Crippen LogP contribution in [0.3, 0.4) is 0 Å². The summed E-state index contributed by atoms with van der Waals surface area (Å²) in [6.45, 7) is 2.80. The van der Waals surface area contributed by atoms with Gasteiger partial charge in [-0.3, -0.25) is 13.9 Å². The molecule has 0 aromatic heterocycles. The first-order valence-corrected chi connectivity index (χ1v) is 14.3. The number of likely N-dealkylation sites (N-methyl/N-ethyl adjacent to an activating group) is 1. The minimum Gasteiger partial charge on any atom is -0.497 e. The number of methoxy groups -OCH3 is 1. The quantitative estimate of drug-likeness (QED) is 0.325. The molecule has 0 radical (unpaired) electrons. The Morgan fingerprint density at radius 2 is 1.63 bits per heavy atom. The van der Waals surface area contributed by atoms with Gasteiger partial charge in [0.15, 0.2) is 0 Å². The van der Waals surface area contributed by atoms with Gasteiger partial charge >= 0.3 is 6.18 Å². The van der Waals surface area contributed by atoms with E-state index in [1.807, 2.05) is 0 Å². The second-order valence-corrected chi connectivity index (χ2v) is 10.9. The van der Waals surface area contributed by atoms with Crippen LogP contribution in [0.25, 0.3) is 0 Å². The Bertz CT molecular complexity index is 1450. The smallest absolute Gasteiger partial charge is 0.416 e. The van der Waals surface area contributed by atoms with E-state index in [9.17, 15) is 31.2 Å². The molecule has 12 heteroatoms. The van der Waals surface area contributed by atoms with E-state index < -0.39 is 46.2 Å². The maximum atomic E-state index is 13.9. The van der Waals surface area contributed by atoms with E-state index in [4.69, 9.17) is 4.74 Å². The summed E-state index contributed by atoms with van der Waals surface area (Å²) in [5.74, 6) is -0.705. The molecule has 1 atom stereocenters. The van der Waals surface area contributed by atoms with Crippen LogP contribution in [0.2, 0.25) is 0 Å². The van der Waals surface area contributed by atoms with E-state index in [-0.39, 0.29) is 23.5 Å². The molecule has 2 amide bonds. The predicted octanol–water partition coefficient (Wildman–Crippen LogP) is 4.85. The number of anilines is 1. The van der Waals surface area contributed by atoms with Crippen LogP contribution < -0.4 is 14.4 Å². The number of sulfonamides is 1. The van der Waals surface area contributed by atoms with Gasteiger partial charge in [-0.15, -0.1) is 0 Å². The fourth-order valence-corrected chi connectivity index (χ4v) is 5.69. The molecule has 0 aliphatic rings. The number of ether oxygens (including phenoxy) is 1. The van der Waals surface area contributed by atoms with Gasteiger partial charge in [-0.1, -0.05) is 43.3 Å². The van der Waals surface area contributed by atoms with Crippen molar-refractivity contribution >= 4 is 27.5 Å². The van der Waals surface area contributed by atoms with Crippen LogP contribution in [0.15, 0.2) is 83.8 Å². The van der Waals surface area contributed by atoms with Crippen LogP contribution in [0, 0.1) is 0 Å². The second kappa shape index (κ2) is 13.5. The monoisotopic (exact) mass is 591 g/mol. The Labute approximate surface area is 237 Å². The first-order chi connectivity index (χ1) is 19.4.